The van der Waals surface area contributed by atoms with Crippen LogP contribution in [-0.4, -0.2) is 20.7 Å². The van der Waals surface area contributed by atoms with Gasteiger partial charge in [-0.05, 0) is 31.7 Å². The molecule has 0 aliphatic heterocycles. The highest BCUT2D eigenvalue weighted by molar-refractivity contribution is 7.80. The summed E-state index contributed by atoms with van der Waals surface area (Å²) in [4.78, 5) is 0.332. The number of aromatic nitrogens is 2. The smallest absolute Gasteiger partial charge is 0.159 e. The monoisotopic (exact) mass is 266 g/mol. The van der Waals surface area contributed by atoms with E-state index in [1.807, 2.05) is 0 Å². The summed E-state index contributed by atoms with van der Waals surface area (Å²) in [6.07, 6.45) is 2.59. The number of hydrogen-bond donors (Lipinski definition) is 2. The van der Waals surface area contributed by atoms with Gasteiger partial charge in [0.2, 0.25) is 0 Å². The lowest BCUT2D eigenvalue weighted by Crippen LogP contribution is -2.36. The third kappa shape index (κ3) is 4.56. The van der Waals surface area contributed by atoms with Gasteiger partial charge >= 0.3 is 0 Å². The van der Waals surface area contributed by atoms with Crippen LogP contribution in [0, 0.1) is 5.41 Å². The van der Waals surface area contributed by atoms with Crippen molar-refractivity contribution in [2.45, 2.75) is 46.6 Å². The van der Waals surface area contributed by atoms with E-state index in [9.17, 15) is 0 Å². The summed E-state index contributed by atoms with van der Waals surface area (Å²) in [5.41, 5.74) is 6.54. The van der Waals surface area contributed by atoms with Crippen LogP contribution in [0.4, 0.5) is 5.82 Å². The third-order valence-electron chi connectivity index (χ3n) is 2.42. The molecule has 1 rings (SSSR count). The number of hydrogen-bond acceptors (Lipinski definition) is 4. The minimum absolute atomic E-state index is 0.103. The molecule has 0 saturated heterocycles. The zero-order valence-electron chi connectivity index (χ0n) is 11.7. The Balaban J connectivity index is 2.94. The highest BCUT2D eigenvalue weighted by Crippen LogP contribution is 2.29. The molecule has 0 aromatic carbocycles. The second-order valence-electron chi connectivity index (χ2n) is 6.40. The van der Waals surface area contributed by atoms with Crippen LogP contribution in [0.25, 0.3) is 0 Å². The predicted octanol–water partition coefficient (Wildman–Crippen LogP) is 2.74. The number of nitrogens with zero attached hydrogens (tertiary/aromatic N) is 2. The molecule has 18 heavy (non-hydrogen) atoms. The van der Waals surface area contributed by atoms with Crippen molar-refractivity contribution >= 4 is 23.0 Å². The molecule has 5 heteroatoms. The van der Waals surface area contributed by atoms with Crippen molar-refractivity contribution in [1.29, 1.82) is 0 Å². The molecule has 0 bridgehead atoms. The van der Waals surface area contributed by atoms with Crippen LogP contribution in [0.3, 0.4) is 0 Å². The van der Waals surface area contributed by atoms with Crippen molar-refractivity contribution in [2.24, 2.45) is 11.1 Å². The fourth-order valence-corrected chi connectivity index (χ4v) is 2.48. The molecule has 0 unspecified atom stereocenters. The molecule has 4 nitrogen and oxygen atoms in total. The average Bonchev–Trinajstić information content (AvgIpc) is 2.13. The first-order valence-corrected chi connectivity index (χ1v) is 6.41. The van der Waals surface area contributed by atoms with E-state index in [4.69, 9.17) is 18.0 Å². The van der Waals surface area contributed by atoms with E-state index in [-0.39, 0.29) is 11.0 Å². The van der Waals surface area contributed by atoms with E-state index in [2.05, 4.69) is 50.1 Å². The maximum Gasteiger partial charge on any atom is 0.159 e. The highest BCUT2D eigenvalue weighted by atomic mass is 32.1. The van der Waals surface area contributed by atoms with Gasteiger partial charge in [-0.2, -0.15) is 5.10 Å². The molecule has 0 saturated carbocycles. The Morgan fingerprint density at radius 3 is 2.44 bits per heavy atom. The second kappa shape index (κ2) is 5.18. The normalized spacial score (nSPS) is 12.3. The van der Waals surface area contributed by atoms with Gasteiger partial charge in [0.05, 0.1) is 11.8 Å². The van der Waals surface area contributed by atoms with Crippen LogP contribution in [0.5, 0.6) is 0 Å². The molecule has 1 heterocycles. The quantitative estimate of drug-likeness (QED) is 0.820. The summed E-state index contributed by atoms with van der Waals surface area (Å²) in [6, 6.07) is 1.78. The Labute approximate surface area is 114 Å². The van der Waals surface area contributed by atoms with E-state index in [1.165, 1.54) is 0 Å². The molecule has 0 fully saturated rings. The van der Waals surface area contributed by atoms with Gasteiger partial charge in [-0.15, -0.1) is 5.10 Å². The fraction of sp³-hybridized carbons (Fsp3) is 0.615. The van der Waals surface area contributed by atoms with E-state index < -0.39 is 0 Å². The van der Waals surface area contributed by atoms with Crippen LogP contribution >= 0.6 is 12.2 Å². The van der Waals surface area contributed by atoms with Gasteiger partial charge in [0.1, 0.15) is 4.99 Å². The van der Waals surface area contributed by atoms with Crippen molar-refractivity contribution in [3.63, 3.8) is 0 Å². The lowest BCUT2D eigenvalue weighted by Gasteiger charge is -2.34. The molecule has 1 aromatic rings. The lowest BCUT2D eigenvalue weighted by molar-refractivity contribution is 0.302. The summed E-state index contributed by atoms with van der Waals surface area (Å²) in [6.45, 7) is 10.9. The molecule has 0 amide bonds. The molecule has 0 aliphatic carbocycles. The highest BCUT2D eigenvalue weighted by Gasteiger charge is 2.26. The molecule has 0 aliphatic rings. The maximum atomic E-state index is 5.68. The van der Waals surface area contributed by atoms with Crippen molar-refractivity contribution in [3.8, 4) is 0 Å². The first-order valence-electron chi connectivity index (χ1n) is 6.00. The summed E-state index contributed by atoms with van der Waals surface area (Å²) < 4.78 is 0. The first kappa shape index (κ1) is 14.8. The number of rotatable bonds is 4. The van der Waals surface area contributed by atoms with Crippen LogP contribution in [0.1, 0.15) is 46.6 Å². The standard InChI is InChI=1S/C13H22N4S/c1-12(2,3)8-13(4,5)16-11-9(10(14)18)6-7-15-17-11/h6-7H,8H2,1-5H3,(H2,14,18)(H,16,17). The Bertz CT molecular complexity index is 435. The van der Waals surface area contributed by atoms with Crippen molar-refractivity contribution < 1.29 is 0 Å². The van der Waals surface area contributed by atoms with Crippen molar-refractivity contribution in [3.05, 3.63) is 17.8 Å². The Morgan fingerprint density at radius 1 is 1.33 bits per heavy atom. The fourth-order valence-electron chi connectivity index (χ4n) is 2.31. The first-order chi connectivity index (χ1) is 8.11. The van der Waals surface area contributed by atoms with E-state index >= 15 is 0 Å². The van der Waals surface area contributed by atoms with Crippen molar-refractivity contribution in [1.82, 2.24) is 10.2 Å². The summed E-state index contributed by atoms with van der Waals surface area (Å²) >= 11 is 5.02. The van der Waals surface area contributed by atoms with Crippen LogP contribution in [0.2, 0.25) is 0 Å². The van der Waals surface area contributed by atoms with Crippen LogP contribution in [-0.2, 0) is 0 Å². The van der Waals surface area contributed by atoms with Gasteiger partial charge < -0.3 is 11.1 Å². The Hall–Kier alpha value is -1.23. The molecular formula is C13H22N4S. The van der Waals surface area contributed by atoms with Gasteiger partial charge in [-0.25, -0.2) is 0 Å². The van der Waals surface area contributed by atoms with E-state index in [0.29, 0.717) is 10.8 Å². The minimum Gasteiger partial charge on any atom is -0.389 e. The Morgan fingerprint density at radius 2 is 1.94 bits per heavy atom. The average molecular weight is 266 g/mol. The van der Waals surface area contributed by atoms with Gasteiger partial charge in [-0.3, -0.25) is 0 Å². The molecule has 0 spiro atoms. The van der Waals surface area contributed by atoms with Gasteiger partial charge in [0.15, 0.2) is 5.82 Å². The van der Waals surface area contributed by atoms with Gasteiger partial charge in [0.25, 0.3) is 0 Å². The SMILES string of the molecule is CC(C)(C)CC(C)(C)Nc1nnccc1C(N)=S. The summed E-state index contributed by atoms with van der Waals surface area (Å²) in [5, 5.41) is 11.4. The summed E-state index contributed by atoms with van der Waals surface area (Å²) in [5.74, 6) is 0.652. The number of nitrogens with one attached hydrogen (secondary N) is 1. The molecule has 1 aromatic heterocycles. The van der Waals surface area contributed by atoms with E-state index in [1.54, 1.807) is 12.3 Å². The second-order valence-corrected chi connectivity index (χ2v) is 6.84. The van der Waals surface area contributed by atoms with Crippen LogP contribution < -0.4 is 11.1 Å². The third-order valence-corrected chi connectivity index (χ3v) is 2.64. The molecule has 0 atom stereocenters. The molecule has 3 N–H and O–H groups in total. The number of anilines is 1. The number of thiocarbonyl (C=S) groups is 1. The zero-order chi connectivity index (χ0) is 14.0. The maximum absolute atomic E-state index is 5.68. The largest absolute Gasteiger partial charge is 0.389 e. The predicted molar refractivity (Wildman–Crippen MR) is 79.7 cm³/mol. The van der Waals surface area contributed by atoms with Gasteiger partial charge in [-0.1, -0.05) is 33.0 Å². The number of nitrogens with two attached hydrogens (primary N) is 1. The van der Waals surface area contributed by atoms with Crippen LogP contribution in [0.15, 0.2) is 12.3 Å². The molecule has 0 radical (unpaired) electrons. The van der Waals surface area contributed by atoms with Gasteiger partial charge in [0, 0.05) is 5.54 Å². The molecule has 100 valence electrons. The van der Waals surface area contributed by atoms with E-state index in [0.717, 1.165) is 12.0 Å². The summed E-state index contributed by atoms with van der Waals surface area (Å²) in [7, 11) is 0. The topological polar surface area (TPSA) is 63.8 Å². The minimum atomic E-state index is -0.103. The molecular weight excluding hydrogens is 244 g/mol. The van der Waals surface area contributed by atoms with Crippen molar-refractivity contribution in [2.75, 3.05) is 5.32 Å². The lowest BCUT2D eigenvalue weighted by atomic mass is 9.82. The Kier molecular flexibility index (Phi) is 4.27. The zero-order valence-corrected chi connectivity index (χ0v) is 12.6.